The number of aliphatic hydroxyl groups is 2. The van der Waals surface area contributed by atoms with Crippen molar-refractivity contribution in [1.82, 2.24) is 0 Å². The molecule has 0 aromatic carbocycles. The van der Waals surface area contributed by atoms with Crippen LogP contribution in [0.15, 0.2) is 24.3 Å². The lowest BCUT2D eigenvalue weighted by Gasteiger charge is -2.11. The third-order valence-electron chi connectivity index (χ3n) is 3.59. The van der Waals surface area contributed by atoms with Crippen molar-refractivity contribution in [2.45, 2.75) is 64.6 Å². The molecular formula is C20H34O7. The molecule has 0 amide bonds. The van der Waals surface area contributed by atoms with Crippen LogP contribution in [0.25, 0.3) is 0 Å². The fourth-order valence-corrected chi connectivity index (χ4v) is 2.16. The lowest BCUT2D eigenvalue weighted by molar-refractivity contribution is -0.141. The zero-order valence-corrected chi connectivity index (χ0v) is 16.5. The van der Waals surface area contributed by atoms with Gasteiger partial charge >= 0.3 is 11.9 Å². The summed E-state index contributed by atoms with van der Waals surface area (Å²) in [5.74, 6) is -0.887. The summed E-state index contributed by atoms with van der Waals surface area (Å²) in [6.07, 6.45) is 8.86. The zero-order valence-electron chi connectivity index (χ0n) is 16.5. The number of unbranched alkanes of at least 4 members (excludes halogenated alkanes) is 2. The van der Waals surface area contributed by atoms with Crippen LogP contribution in [0, 0.1) is 0 Å². The third-order valence-corrected chi connectivity index (χ3v) is 3.59. The summed E-state index contributed by atoms with van der Waals surface area (Å²) in [5, 5.41) is 19.4. The molecule has 0 aliphatic heterocycles. The van der Waals surface area contributed by atoms with E-state index in [4.69, 9.17) is 14.2 Å². The van der Waals surface area contributed by atoms with Crippen LogP contribution in [0.4, 0.5) is 0 Å². The maximum absolute atomic E-state index is 11.1. The average molecular weight is 386 g/mol. The highest BCUT2D eigenvalue weighted by Crippen LogP contribution is 2.05. The molecule has 27 heavy (non-hydrogen) atoms. The van der Waals surface area contributed by atoms with Crippen LogP contribution in [0.2, 0.25) is 0 Å². The van der Waals surface area contributed by atoms with Crippen molar-refractivity contribution < 1.29 is 34.0 Å². The van der Waals surface area contributed by atoms with Gasteiger partial charge in [0.15, 0.2) is 0 Å². The van der Waals surface area contributed by atoms with Gasteiger partial charge in [0, 0.05) is 25.4 Å². The van der Waals surface area contributed by atoms with Gasteiger partial charge in [0.25, 0.3) is 0 Å². The molecule has 0 radical (unpaired) electrons. The highest BCUT2D eigenvalue weighted by Gasteiger charge is 2.08. The minimum Gasteiger partial charge on any atom is -0.460 e. The van der Waals surface area contributed by atoms with Gasteiger partial charge in [-0.1, -0.05) is 12.2 Å². The predicted octanol–water partition coefficient (Wildman–Crippen LogP) is 2.30. The Morgan fingerprint density at radius 1 is 0.778 bits per heavy atom. The monoisotopic (exact) mass is 386 g/mol. The van der Waals surface area contributed by atoms with Crippen molar-refractivity contribution in [3.05, 3.63) is 24.3 Å². The van der Waals surface area contributed by atoms with E-state index >= 15 is 0 Å². The van der Waals surface area contributed by atoms with Crippen molar-refractivity contribution in [3.8, 4) is 0 Å². The van der Waals surface area contributed by atoms with E-state index < -0.39 is 24.1 Å². The Kier molecular flexibility index (Phi) is 16.6. The molecule has 0 saturated heterocycles. The predicted molar refractivity (Wildman–Crippen MR) is 102 cm³/mol. The first-order valence-electron chi connectivity index (χ1n) is 9.52. The summed E-state index contributed by atoms with van der Waals surface area (Å²) in [6, 6.07) is 0. The molecule has 2 unspecified atom stereocenters. The highest BCUT2D eigenvalue weighted by molar-refractivity contribution is 5.82. The molecule has 0 heterocycles. The maximum atomic E-state index is 11.1. The number of allylic oxidation sites excluding steroid dienone is 2. The van der Waals surface area contributed by atoms with Gasteiger partial charge in [-0.25, -0.2) is 9.59 Å². The van der Waals surface area contributed by atoms with Gasteiger partial charge in [0.05, 0.1) is 12.2 Å². The first kappa shape index (κ1) is 25.3. The van der Waals surface area contributed by atoms with E-state index in [0.29, 0.717) is 26.1 Å². The van der Waals surface area contributed by atoms with Crippen molar-refractivity contribution in [1.29, 1.82) is 0 Å². The van der Waals surface area contributed by atoms with Gasteiger partial charge in [-0.05, 0) is 52.4 Å². The van der Waals surface area contributed by atoms with Crippen LogP contribution in [0.3, 0.4) is 0 Å². The van der Waals surface area contributed by atoms with E-state index in [9.17, 15) is 19.8 Å². The number of carbonyl (C=O) groups is 2. The second kappa shape index (κ2) is 17.7. The van der Waals surface area contributed by atoms with Gasteiger partial charge in [0.2, 0.25) is 0 Å². The molecule has 0 aliphatic rings. The van der Waals surface area contributed by atoms with Crippen LogP contribution >= 0.6 is 0 Å². The summed E-state index contributed by atoms with van der Waals surface area (Å²) in [4.78, 5) is 22.2. The number of esters is 2. The third kappa shape index (κ3) is 17.5. The Morgan fingerprint density at radius 3 is 1.56 bits per heavy atom. The van der Waals surface area contributed by atoms with Crippen LogP contribution in [-0.2, 0) is 23.8 Å². The number of aliphatic hydroxyl groups excluding tert-OH is 2. The molecule has 0 saturated carbocycles. The van der Waals surface area contributed by atoms with Crippen molar-refractivity contribution in [2.75, 3.05) is 26.4 Å². The zero-order chi connectivity index (χ0) is 20.3. The van der Waals surface area contributed by atoms with Gasteiger partial charge < -0.3 is 24.4 Å². The number of ether oxygens (including phenoxy) is 3. The summed E-state index contributed by atoms with van der Waals surface area (Å²) in [6.45, 7) is 4.68. The smallest absolute Gasteiger partial charge is 0.330 e. The second-order valence-electron chi connectivity index (χ2n) is 6.17. The Labute approximate surface area is 162 Å². The van der Waals surface area contributed by atoms with Gasteiger partial charge in [-0.15, -0.1) is 0 Å². The number of hydrogen-bond donors (Lipinski definition) is 2. The number of hydrogen-bond acceptors (Lipinski definition) is 7. The fraction of sp³-hybridized carbons (Fsp3) is 0.700. The van der Waals surface area contributed by atoms with Crippen LogP contribution in [0.1, 0.15) is 52.4 Å². The molecule has 0 aromatic rings. The fourth-order valence-electron chi connectivity index (χ4n) is 2.16. The molecule has 0 spiro atoms. The molecule has 2 N–H and O–H groups in total. The maximum Gasteiger partial charge on any atom is 0.330 e. The van der Waals surface area contributed by atoms with Crippen molar-refractivity contribution in [2.24, 2.45) is 0 Å². The molecular weight excluding hydrogens is 352 g/mol. The number of carbonyl (C=O) groups excluding carboxylic acids is 2. The van der Waals surface area contributed by atoms with Crippen molar-refractivity contribution in [3.63, 3.8) is 0 Å². The standard InChI is InChI=1S/C20H34O7/c1-3-9-19(23)26-15-17(21)11-5-7-13-25-14-8-6-12-18(22)16-27-20(24)10-4-2/h3-4,9-10,17-18,21-22H,5-8,11-16H2,1-2H3. The Morgan fingerprint density at radius 2 is 1.19 bits per heavy atom. The van der Waals surface area contributed by atoms with Crippen LogP contribution < -0.4 is 0 Å². The van der Waals surface area contributed by atoms with Gasteiger partial charge in [-0.3, -0.25) is 0 Å². The average Bonchev–Trinajstić information content (AvgIpc) is 2.64. The molecule has 0 rings (SSSR count). The van der Waals surface area contributed by atoms with E-state index in [1.54, 1.807) is 26.0 Å². The topological polar surface area (TPSA) is 102 Å². The lowest BCUT2D eigenvalue weighted by atomic mass is 10.1. The number of rotatable bonds is 16. The summed E-state index contributed by atoms with van der Waals surface area (Å²) in [5.41, 5.74) is 0. The Hall–Kier alpha value is -1.70. The molecule has 7 nitrogen and oxygen atoms in total. The van der Waals surface area contributed by atoms with Gasteiger partial charge in [-0.2, -0.15) is 0 Å². The summed E-state index contributed by atoms with van der Waals surface area (Å²) >= 11 is 0. The quantitative estimate of drug-likeness (QED) is 0.238. The van der Waals surface area contributed by atoms with Crippen molar-refractivity contribution >= 4 is 11.9 Å². The lowest BCUT2D eigenvalue weighted by Crippen LogP contribution is -2.18. The minimum atomic E-state index is -0.650. The SMILES string of the molecule is CC=CC(=O)OCC(O)CCCCOCCCCC(O)COC(=O)C=CC. The van der Waals surface area contributed by atoms with Gasteiger partial charge in [0.1, 0.15) is 13.2 Å². The van der Waals surface area contributed by atoms with E-state index in [0.717, 1.165) is 25.7 Å². The minimum absolute atomic E-state index is 0.0103. The molecule has 0 fully saturated rings. The first-order valence-corrected chi connectivity index (χ1v) is 9.52. The largest absolute Gasteiger partial charge is 0.460 e. The van der Waals surface area contributed by atoms with Crippen LogP contribution in [-0.4, -0.2) is 60.8 Å². The second-order valence-corrected chi connectivity index (χ2v) is 6.17. The molecule has 156 valence electrons. The normalized spacial score (nSPS) is 13.8. The molecule has 0 aromatic heterocycles. The van der Waals surface area contributed by atoms with E-state index in [2.05, 4.69) is 0 Å². The molecule has 2 atom stereocenters. The van der Waals surface area contributed by atoms with Crippen LogP contribution in [0.5, 0.6) is 0 Å². The molecule has 0 bridgehead atoms. The Balaban J connectivity index is 3.42. The first-order chi connectivity index (χ1) is 13.0. The van der Waals surface area contributed by atoms with E-state index in [-0.39, 0.29) is 13.2 Å². The Bertz CT molecular complexity index is 406. The molecule has 0 aliphatic carbocycles. The van der Waals surface area contributed by atoms with E-state index in [1.807, 2.05) is 0 Å². The summed E-state index contributed by atoms with van der Waals surface area (Å²) < 4.78 is 15.2. The summed E-state index contributed by atoms with van der Waals surface area (Å²) in [7, 11) is 0. The highest BCUT2D eigenvalue weighted by atomic mass is 16.5. The molecule has 7 heteroatoms. The van der Waals surface area contributed by atoms with E-state index in [1.165, 1.54) is 12.2 Å².